The minimum absolute atomic E-state index is 0. The van der Waals surface area contributed by atoms with Crippen molar-refractivity contribution in [3.8, 4) is 0 Å². The van der Waals surface area contributed by atoms with E-state index >= 15 is 0 Å². The molecule has 0 atom stereocenters. The number of amides is 1. The molecule has 0 saturated heterocycles. The third-order valence-corrected chi connectivity index (χ3v) is 4.73. The molecule has 0 unspecified atom stereocenters. The molecule has 2 N–H and O–H groups in total. The van der Waals surface area contributed by atoms with E-state index < -0.39 is 0 Å². The Bertz CT molecular complexity index is 703. The van der Waals surface area contributed by atoms with Crippen LogP contribution in [0.2, 0.25) is 0 Å². The highest BCUT2D eigenvalue weighted by atomic mass is 127. The molecule has 0 aliphatic carbocycles. The third kappa shape index (κ3) is 6.95. The van der Waals surface area contributed by atoms with Crippen LogP contribution in [0.25, 0.3) is 0 Å². The van der Waals surface area contributed by atoms with Crippen molar-refractivity contribution in [2.24, 2.45) is 4.99 Å². The van der Waals surface area contributed by atoms with Crippen molar-refractivity contribution in [3.63, 3.8) is 0 Å². The largest absolute Gasteiger partial charge is 0.357 e. The number of thiophene rings is 1. The van der Waals surface area contributed by atoms with Gasteiger partial charge < -0.3 is 15.5 Å². The molecule has 26 heavy (non-hydrogen) atoms. The van der Waals surface area contributed by atoms with Crippen molar-refractivity contribution in [1.29, 1.82) is 0 Å². The quantitative estimate of drug-likeness (QED) is 0.359. The molecule has 0 aliphatic heterocycles. The summed E-state index contributed by atoms with van der Waals surface area (Å²) in [6, 6.07) is 11.8. The Morgan fingerprint density at radius 2 is 2.08 bits per heavy atom. The van der Waals surface area contributed by atoms with Gasteiger partial charge in [0.15, 0.2) is 5.96 Å². The number of nitrogens with one attached hydrogen (secondary N) is 2. The summed E-state index contributed by atoms with van der Waals surface area (Å²) in [6.07, 6.45) is 1.00. The van der Waals surface area contributed by atoms with Crippen LogP contribution in [0.4, 0.5) is 0 Å². The number of benzene rings is 1. The van der Waals surface area contributed by atoms with E-state index in [1.54, 1.807) is 18.4 Å². The van der Waals surface area contributed by atoms with Gasteiger partial charge in [-0.05, 0) is 42.5 Å². The Hall–Kier alpha value is -1.61. The van der Waals surface area contributed by atoms with Gasteiger partial charge in [0.2, 0.25) is 0 Å². The monoisotopic (exact) mass is 486 g/mol. The lowest BCUT2D eigenvalue weighted by atomic mass is 10.1. The minimum Gasteiger partial charge on any atom is -0.357 e. The van der Waals surface area contributed by atoms with Crippen molar-refractivity contribution < 1.29 is 4.79 Å². The first kappa shape index (κ1) is 22.4. The van der Waals surface area contributed by atoms with E-state index in [0.29, 0.717) is 12.1 Å². The number of hydrogen-bond donors (Lipinski definition) is 2. The smallest absolute Gasteiger partial charge is 0.251 e. The van der Waals surface area contributed by atoms with Gasteiger partial charge in [-0.3, -0.25) is 4.79 Å². The molecule has 142 valence electrons. The maximum atomic E-state index is 11.7. The van der Waals surface area contributed by atoms with Gasteiger partial charge in [-0.15, -0.1) is 35.3 Å². The van der Waals surface area contributed by atoms with Gasteiger partial charge in [-0.2, -0.15) is 0 Å². The summed E-state index contributed by atoms with van der Waals surface area (Å²) in [7, 11) is 3.69. The van der Waals surface area contributed by atoms with Crippen LogP contribution < -0.4 is 10.6 Å². The number of guanidine groups is 1. The Balaban J connectivity index is 0.00000338. The van der Waals surface area contributed by atoms with Crippen LogP contribution in [-0.4, -0.2) is 44.0 Å². The van der Waals surface area contributed by atoms with Crippen molar-refractivity contribution in [3.05, 3.63) is 57.8 Å². The summed E-state index contributed by atoms with van der Waals surface area (Å²) in [5, 5.41) is 8.08. The average Bonchev–Trinajstić information content (AvgIpc) is 3.16. The molecule has 5 nitrogen and oxygen atoms in total. The predicted molar refractivity (Wildman–Crippen MR) is 121 cm³/mol. The minimum atomic E-state index is -0.0780. The van der Waals surface area contributed by atoms with Crippen molar-refractivity contribution in [2.45, 2.75) is 19.9 Å². The first-order valence-electron chi connectivity index (χ1n) is 8.47. The zero-order valence-corrected chi connectivity index (χ0v) is 18.6. The molecule has 2 rings (SSSR count). The van der Waals surface area contributed by atoms with E-state index in [4.69, 9.17) is 4.99 Å². The lowest BCUT2D eigenvalue weighted by Crippen LogP contribution is -2.39. The summed E-state index contributed by atoms with van der Waals surface area (Å²) in [4.78, 5) is 20.0. The third-order valence-electron chi connectivity index (χ3n) is 3.80. The first-order valence-corrected chi connectivity index (χ1v) is 9.34. The second kappa shape index (κ2) is 11.9. The maximum Gasteiger partial charge on any atom is 0.251 e. The number of carbonyl (C=O) groups excluding carboxylic acids is 1. The Labute approximate surface area is 176 Å². The number of likely N-dealkylation sites (N-methyl/N-ethyl adjacent to an activating group) is 1. The number of hydrogen-bond acceptors (Lipinski definition) is 3. The molecule has 0 saturated carbocycles. The molecular formula is C19H27IN4OS. The van der Waals surface area contributed by atoms with Crippen LogP contribution in [0, 0.1) is 0 Å². The second-order valence-corrected chi connectivity index (χ2v) is 6.73. The number of aliphatic imine (C=N–C) groups is 1. The molecule has 0 spiro atoms. The molecule has 1 amide bonds. The van der Waals surface area contributed by atoms with E-state index in [9.17, 15) is 4.79 Å². The number of nitrogens with zero attached hydrogens (tertiary/aromatic N) is 2. The molecule has 0 fully saturated rings. The van der Waals surface area contributed by atoms with Gasteiger partial charge in [0.25, 0.3) is 5.91 Å². The van der Waals surface area contributed by atoms with Gasteiger partial charge >= 0.3 is 0 Å². The SMILES string of the molecule is CCNC(=NCc1cccc(C(=O)NC)c1)N(C)CCc1cccs1.I. The van der Waals surface area contributed by atoms with E-state index in [0.717, 1.165) is 31.0 Å². The van der Waals surface area contributed by atoms with Crippen LogP contribution in [0.3, 0.4) is 0 Å². The van der Waals surface area contributed by atoms with E-state index in [2.05, 4.69) is 47.0 Å². The van der Waals surface area contributed by atoms with E-state index in [1.807, 2.05) is 24.3 Å². The summed E-state index contributed by atoms with van der Waals surface area (Å²) < 4.78 is 0. The Morgan fingerprint density at radius 3 is 2.73 bits per heavy atom. The molecule has 0 bridgehead atoms. The highest BCUT2D eigenvalue weighted by Crippen LogP contribution is 2.10. The van der Waals surface area contributed by atoms with Gasteiger partial charge in [-0.1, -0.05) is 18.2 Å². The normalized spacial score (nSPS) is 10.8. The van der Waals surface area contributed by atoms with E-state index in [-0.39, 0.29) is 29.9 Å². The first-order chi connectivity index (χ1) is 12.1. The van der Waals surface area contributed by atoms with Crippen molar-refractivity contribution in [1.82, 2.24) is 15.5 Å². The fraction of sp³-hybridized carbons (Fsp3) is 0.368. The maximum absolute atomic E-state index is 11.7. The van der Waals surface area contributed by atoms with Crippen LogP contribution >= 0.6 is 35.3 Å². The molecule has 0 radical (unpaired) electrons. The van der Waals surface area contributed by atoms with Crippen LogP contribution in [0.5, 0.6) is 0 Å². The molecular weight excluding hydrogens is 459 g/mol. The molecule has 2 aromatic rings. The zero-order valence-electron chi connectivity index (χ0n) is 15.5. The van der Waals surface area contributed by atoms with Crippen molar-refractivity contribution in [2.75, 3.05) is 27.2 Å². The number of rotatable bonds is 7. The van der Waals surface area contributed by atoms with Crippen LogP contribution in [-0.2, 0) is 13.0 Å². The average molecular weight is 486 g/mol. The zero-order chi connectivity index (χ0) is 18.1. The topological polar surface area (TPSA) is 56.7 Å². The Morgan fingerprint density at radius 1 is 1.27 bits per heavy atom. The molecule has 1 aromatic heterocycles. The van der Waals surface area contributed by atoms with Gasteiger partial charge in [-0.25, -0.2) is 4.99 Å². The highest BCUT2D eigenvalue weighted by molar-refractivity contribution is 14.0. The molecule has 0 aliphatic rings. The summed E-state index contributed by atoms with van der Waals surface area (Å²) >= 11 is 1.78. The van der Waals surface area contributed by atoms with Crippen LogP contribution in [0.15, 0.2) is 46.8 Å². The number of halogens is 1. The highest BCUT2D eigenvalue weighted by Gasteiger charge is 2.07. The number of carbonyl (C=O) groups is 1. The lowest BCUT2D eigenvalue weighted by molar-refractivity contribution is 0.0963. The summed E-state index contributed by atoms with van der Waals surface area (Å²) in [5.41, 5.74) is 1.68. The fourth-order valence-corrected chi connectivity index (χ4v) is 3.13. The fourth-order valence-electron chi connectivity index (χ4n) is 2.43. The van der Waals surface area contributed by atoms with Gasteiger partial charge in [0.05, 0.1) is 6.54 Å². The molecule has 1 heterocycles. The molecule has 1 aromatic carbocycles. The second-order valence-electron chi connectivity index (χ2n) is 5.70. The summed E-state index contributed by atoms with van der Waals surface area (Å²) in [5.74, 6) is 0.801. The Kier molecular flexibility index (Phi) is 10.3. The van der Waals surface area contributed by atoms with E-state index in [1.165, 1.54) is 4.88 Å². The molecule has 7 heteroatoms. The standard InChI is InChI=1S/C19H26N4OS.HI/c1-4-21-19(23(3)11-10-17-9-6-12-25-17)22-14-15-7-5-8-16(13-15)18(24)20-2;/h5-9,12-13H,4,10-11,14H2,1-3H3,(H,20,24)(H,21,22);1H. The predicted octanol–water partition coefficient (Wildman–Crippen LogP) is 3.37. The van der Waals surface area contributed by atoms with Gasteiger partial charge in [0.1, 0.15) is 0 Å². The van der Waals surface area contributed by atoms with Gasteiger partial charge in [0, 0.05) is 37.6 Å². The lowest BCUT2D eigenvalue weighted by Gasteiger charge is -2.21. The van der Waals surface area contributed by atoms with Crippen LogP contribution in [0.1, 0.15) is 27.7 Å². The summed E-state index contributed by atoms with van der Waals surface area (Å²) in [6.45, 7) is 4.33. The van der Waals surface area contributed by atoms with Crippen molar-refractivity contribution >= 4 is 47.2 Å².